The zero-order valence-corrected chi connectivity index (χ0v) is 13.6. The van der Waals surface area contributed by atoms with E-state index in [1.807, 2.05) is 11.5 Å². The molecule has 1 heterocycles. The van der Waals surface area contributed by atoms with Crippen LogP contribution >= 0.6 is 19.4 Å². The molecule has 0 aromatic heterocycles. The third kappa shape index (κ3) is 7.02. The summed E-state index contributed by atoms with van der Waals surface area (Å²) in [6, 6.07) is 1.32. The SMILES string of the molecule is C[C@@H]1[C@@H](C)N(C)[CH-]N1C.C[CH]=[Ru]([Cl])[Cl].[CH3-]. The van der Waals surface area contributed by atoms with Crippen LogP contribution in [0.3, 0.4) is 0 Å². The summed E-state index contributed by atoms with van der Waals surface area (Å²) >= 11 is -1.36. The quantitative estimate of drug-likeness (QED) is 0.493. The van der Waals surface area contributed by atoms with Gasteiger partial charge in [0.1, 0.15) is 0 Å². The standard InChI is InChI=1S/C7H15N2.C2H4.CH3.2ClH.Ru/c1-6-7(2)9(4)5-8(6)3;1-2;;;;/h5-7H,1-4H3;1H,2H3;1H3;2*1H;/q-1;;-1;;;+2/p-2/t6-,7-;;;;;/m1...../s1. The van der Waals surface area contributed by atoms with Crippen LogP contribution in [0, 0.1) is 14.1 Å². The Morgan fingerprint density at radius 3 is 1.47 bits per heavy atom. The summed E-state index contributed by atoms with van der Waals surface area (Å²) in [5.74, 6) is 0. The van der Waals surface area contributed by atoms with Crippen LogP contribution in [0.25, 0.3) is 0 Å². The van der Waals surface area contributed by atoms with Crippen LogP contribution in [0.4, 0.5) is 0 Å². The minimum atomic E-state index is -1.36. The molecule has 2 nitrogen and oxygen atoms in total. The van der Waals surface area contributed by atoms with E-state index in [0.29, 0.717) is 12.1 Å². The topological polar surface area (TPSA) is 6.48 Å². The van der Waals surface area contributed by atoms with Crippen LogP contribution in [0.15, 0.2) is 0 Å². The number of hydrogen-bond acceptors (Lipinski definition) is 2. The normalized spacial score (nSPS) is 27.5. The summed E-state index contributed by atoms with van der Waals surface area (Å²) in [6.07, 6.45) is 0. The molecule has 0 spiro atoms. The third-order valence-electron chi connectivity index (χ3n) is 2.50. The molecule has 5 heteroatoms. The molecule has 15 heavy (non-hydrogen) atoms. The van der Waals surface area contributed by atoms with Crippen LogP contribution in [0.1, 0.15) is 20.8 Å². The molecule has 0 N–H and O–H groups in total. The minimum Gasteiger partial charge on any atom is -0.358 e. The summed E-state index contributed by atoms with van der Waals surface area (Å²) in [7, 11) is 14.9. The molecule has 96 valence electrons. The first-order chi connectivity index (χ1) is 6.40. The van der Waals surface area contributed by atoms with E-state index in [9.17, 15) is 0 Å². The molecule has 2 atom stereocenters. The molecular weight excluding hydrogens is 320 g/mol. The predicted octanol–water partition coefficient (Wildman–Crippen LogP) is 2.94. The Morgan fingerprint density at radius 2 is 1.40 bits per heavy atom. The zero-order chi connectivity index (χ0) is 11.3. The Morgan fingerprint density at radius 1 is 1.13 bits per heavy atom. The summed E-state index contributed by atoms with van der Waals surface area (Å²) in [5, 5.41) is 0. The van der Waals surface area contributed by atoms with Gasteiger partial charge in [-0.05, 0) is 26.2 Å². The second-order valence-electron chi connectivity index (χ2n) is 3.34. The smallest absolute Gasteiger partial charge is 0.358 e. The first kappa shape index (κ1) is 18.4. The van der Waals surface area contributed by atoms with Crippen molar-refractivity contribution >= 4 is 24.0 Å². The third-order valence-corrected chi connectivity index (χ3v) is 5.09. The average molecular weight is 342 g/mol. The number of rotatable bonds is 0. The van der Waals surface area contributed by atoms with Crippen LogP contribution in [-0.2, 0) is 13.5 Å². The van der Waals surface area contributed by atoms with Gasteiger partial charge in [0.05, 0.1) is 0 Å². The van der Waals surface area contributed by atoms with E-state index >= 15 is 0 Å². The van der Waals surface area contributed by atoms with Crippen LogP contribution in [0.2, 0.25) is 0 Å². The van der Waals surface area contributed by atoms with Gasteiger partial charge in [0.15, 0.2) is 0 Å². The summed E-state index contributed by atoms with van der Waals surface area (Å²) < 4.78 is 1.84. The second kappa shape index (κ2) is 9.07. The van der Waals surface area contributed by atoms with Crippen molar-refractivity contribution in [3.8, 4) is 0 Å². The van der Waals surface area contributed by atoms with Crippen molar-refractivity contribution in [3.05, 3.63) is 14.1 Å². The Kier molecular flexibility index (Phi) is 11.1. The van der Waals surface area contributed by atoms with Crippen molar-refractivity contribution in [3.63, 3.8) is 0 Å². The van der Waals surface area contributed by atoms with Gasteiger partial charge in [-0.2, -0.15) is 0 Å². The van der Waals surface area contributed by atoms with Crippen molar-refractivity contribution in [1.82, 2.24) is 9.80 Å². The molecule has 1 aliphatic heterocycles. The molecule has 1 fully saturated rings. The molecule has 1 saturated heterocycles. The molecule has 0 bridgehead atoms. The minimum absolute atomic E-state index is 0. The van der Waals surface area contributed by atoms with Crippen LogP contribution < -0.4 is 0 Å². The summed E-state index contributed by atoms with van der Waals surface area (Å²) in [5.41, 5.74) is 0. The Balaban J connectivity index is 0. The molecule has 0 radical (unpaired) electrons. The van der Waals surface area contributed by atoms with E-state index < -0.39 is 13.5 Å². The van der Waals surface area contributed by atoms with Gasteiger partial charge in [0, 0.05) is 0 Å². The molecule has 1 rings (SSSR count). The monoisotopic (exact) mass is 342 g/mol. The molecule has 1 aliphatic rings. The molecule has 0 aromatic rings. The Labute approximate surface area is 108 Å². The van der Waals surface area contributed by atoms with Crippen molar-refractivity contribution < 1.29 is 13.5 Å². The van der Waals surface area contributed by atoms with Crippen LogP contribution in [-0.4, -0.2) is 40.6 Å². The fourth-order valence-electron chi connectivity index (χ4n) is 1.18. The Hall–Kier alpha value is 0.993. The maximum absolute atomic E-state index is 5.32. The number of likely N-dealkylation sites (N-methyl/N-ethyl adjacent to an activating group) is 2. The van der Waals surface area contributed by atoms with E-state index in [-0.39, 0.29) is 7.43 Å². The first-order valence-electron chi connectivity index (χ1n) is 4.46. The van der Waals surface area contributed by atoms with Gasteiger partial charge in [0.2, 0.25) is 0 Å². The van der Waals surface area contributed by atoms with E-state index in [1.54, 1.807) is 0 Å². The van der Waals surface area contributed by atoms with Gasteiger partial charge in [-0.1, -0.05) is 13.8 Å². The fourth-order valence-corrected chi connectivity index (χ4v) is 1.18. The largest absolute Gasteiger partial charge is 0.358 e. The van der Waals surface area contributed by atoms with Crippen molar-refractivity contribution in [1.29, 1.82) is 0 Å². The molecule has 0 amide bonds. The summed E-state index contributed by atoms with van der Waals surface area (Å²) in [4.78, 5) is 4.48. The van der Waals surface area contributed by atoms with E-state index in [1.165, 1.54) is 0 Å². The molecule has 0 saturated carbocycles. The van der Waals surface area contributed by atoms with E-state index in [2.05, 4.69) is 44.4 Å². The van der Waals surface area contributed by atoms with Gasteiger partial charge in [0.25, 0.3) is 0 Å². The maximum atomic E-state index is 5.32. The van der Waals surface area contributed by atoms with Gasteiger partial charge in [-0.3, -0.25) is 0 Å². The average Bonchev–Trinajstić information content (AvgIpc) is 2.34. The van der Waals surface area contributed by atoms with Gasteiger partial charge in [-0.25, -0.2) is 6.67 Å². The molecular formula is C10H22Cl2N2Ru-2. The molecule has 0 unspecified atom stereocenters. The zero-order valence-electron chi connectivity index (χ0n) is 10.3. The second-order valence-corrected chi connectivity index (χ2v) is 9.56. The summed E-state index contributed by atoms with van der Waals surface area (Å²) in [6.45, 7) is 8.50. The van der Waals surface area contributed by atoms with Crippen molar-refractivity contribution in [2.45, 2.75) is 32.9 Å². The first-order valence-corrected chi connectivity index (χ1v) is 9.94. The van der Waals surface area contributed by atoms with Crippen LogP contribution in [0.5, 0.6) is 0 Å². The van der Waals surface area contributed by atoms with Gasteiger partial charge >= 0.3 is 44.4 Å². The van der Waals surface area contributed by atoms with E-state index in [4.69, 9.17) is 19.4 Å². The van der Waals surface area contributed by atoms with Gasteiger partial charge < -0.3 is 17.2 Å². The molecule has 0 aliphatic carbocycles. The fraction of sp³-hybridized carbons (Fsp3) is 0.700. The number of nitrogens with zero attached hydrogens (tertiary/aromatic N) is 2. The number of hydrogen-bond donors (Lipinski definition) is 0. The van der Waals surface area contributed by atoms with Crippen molar-refractivity contribution in [2.75, 3.05) is 14.1 Å². The number of halogens is 2. The Bertz CT molecular complexity index is 184. The maximum Gasteiger partial charge on any atom is -0.358 e. The predicted molar refractivity (Wildman–Crippen MR) is 68.6 cm³/mol. The van der Waals surface area contributed by atoms with E-state index in [0.717, 1.165) is 0 Å². The van der Waals surface area contributed by atoms with Gasteiger partial charge in [-0.15, -0.1) is 0 Å². The van der Waals surface area contributed by atoms with Crippen molar-refractivity contribution in [2.24, 2.45) is 0 Å². The molecule has 0 aromatic carbocycles.